The lowest BCUT2D eigenvalue weighted by atomic mass is 9.96. The molecule has 1 rings (SSSR count). The molecule has 0 bridgehead atoms. The van der Waals surface area contributed by atoms with Gasteiger partial charge in [-0.3, -0.25) is 9.59 Å². The van der Waals surface area contributed by atoms with Crippen molar-refractivity contribution in [3.05, 3.63) is 0 Å². The van der Waals surface area contributed by atoms with Gasteiger partial charge in [0.15, 0.2) is 0 Å². The Morgan fingerprint density at radius 3 is 2.39 bits per heavy atom. The van der Waals surface area contributed by atoms with Crippen molar-refractivity contribution in [2.75, 3.05) is 0 Å². The van der Waals surface area contributed by atoms with Gasteiger partial charge >= 0.3 is 11.9 Å². The standard InChI is InChI=1S/C12H19NO5/c1-7-3-2-4-8(7)11(16)13-9(12(17)18)5-6-10(14)15/h7-9H,2-6H2,1H3,(H,13,16)(H,14,15)(H,17,18). The molecule has 1 aliphatic rings. The van der Waals surface area contributed by atoms with Crippen LogP contribution in [0.25, 0.3) is 0 Å². The SMILES string of the molecule is CC1CCCC1C(=O)NC(CCC(=O)O)C(=O)O. The van der Waals surface area contributed by atoms with E-state index in [1.165, 1.54) is 0 Å². The number of amides is 1. The van der Waals surface area contributed by atoms with Crippen LogP contribution >= 0.6 is 0 Å². The van der Waals surface area contributed by atoms with Crippen LogP contribution in [-0.2, 0) is 14.4 Å². The van der Waals surface area contributed by atoms with Gasteiger partial charge in [0.2, 0.25) is 5.91 Å². The predicted octanol–water partition coefficient (Wildman–Crippen LogP) is 0.857. The van der Waals surface area contributed by atoms with Crippen LogP contribution in [0.15, 0.2) is 0 Å². The first-order valence-corrected chi connectivity index (χ1v) is 6.16. The fourth-order valence-corrected chi connectivity index (χ4v) is 2.34. The van der Waals surface area contributed by atoms with Crippen molar-refractivity contribution >= 4 is 17.8 Å². The van der Waals surface area contributed by atoms with Gasteiger partial charge in [-0.2, -0.15) is 0 Å². The maximum atomic E-state index is 11.9. The van der Waals surface area contributed by atoms with Crippen LogP contribution in [0.1, 0.15) is 39.0 Å². The van der Waals surface area contributed by atoms with Gasteiger partial charge in [0, 0.05) is 12.3 Å². The van der Waals surface area contributed by atoms with Gasteiger partial charge in [-0.1, -0.05) is 13.3 Å². The molecule has 0 spiro atoms. The first kappa shape index (κ1) is 14.5. The van der Waals surface area contributed by atoms with Gasteiger partial charge in [0.25, 0.3) is 0 Å². The van der Waals surface area contributed by atoms with Gasteiger partial charge < -0.3 is 15.5 Å². The zero-order chi connectivity index (χ0) is 13.7. The van der Waals surface area contributed by atoms with Gasteiger partial charge in [-0.15, -0.1) is 0 Å². The summed E-state index contributed by atoms with van der Waals surface area (Å²) in [4.78, 5) is 33.2. The summed E-state index contributed by atoms with van der Waals surface area (Å²) in [6, 6.07) is -1.11. The third kappa shape index (κ3) is 4.01. The number of rotatable bonds is 6. The Morgan fingerprint density at radius 1 is 1.28 bits per heavy atom. The lowest BCUT2D eigenvalue weighted by Crippen LogP contribution is -2.44. The summed E-state index contributed by atoms with van der Waals surface area (Å²) in [5, 5.41) is 19.9. The second kappa shape index (κ2) is 6.37. The summed E-state index contributed by atoms with van der Waals surface area (Å²) in [5.41, 5.74) is 0. The molecule has 1 fully saturated rings. The molecule has 0 aromatic carbocycles. The molecule has 0 saturated heterocycles. The zero-order valence-corrected chi connectivity index (χ0v) is 10.4. The van der Waals surface area contributed by atoms with Crippen LogP contribution < -0.4 is 5.32 Å². The first-order chi connectivity index (χ1) is 8.41. The Labute approximate surface area is 105 Å². The van der Waals surface area contributed by atoms with E-state index >= 15 is 0 Å². The summed E-state index contributed by atoms with van der Waals surface area (Å²) in [5.74, 6) is -2.40. The number of aliphatic carboxylic acids is 2. The number of hydrogen-bond acceptors (Lipinski definition) is 3. The van der Waals surface area contributed by atoms with Crippen molar-refractivity contribution in [1.29, 1.82) is 0 Å². The summed E-state index contributed by atoms with van der Waals surface area (Å²) in [7, 11) is 0. The Bertz CT molecular complexity index is 341. The Kier molecular flexibility index (Phi) is 5.12. The monoisotopic (exact) mass is 257 g/mol. The number of carboxylic acids is 2. The van der Waals surface area contributed by atoms with Crippen LogP contribution in [0, 0.1) is 11.8 Å². The second-order valence-electron chi connectivity index (χ2n) is 4.85. The van der Waals surface area contributed by atoms with E-state index in [1.54, 1.807) is 0 Å². The Hall–Kier alpha value is -1.59. The normalized spacial score (nSPS) is 24.5. The van der Waals surface area contributed by atoms with Gasteiger partial charge in [-0.25, -0.2) is 4.79 Å². The topological polar surface area (TPSA) is 104 Å². The van der Waals surface area contributed by atoms with Crippen LogP contribution in [0.3, 0.4) is 0 Å². The predicted molar refractivity (Wildman–Crippen MR) is 62.9 cm³/mol. The van der Waals surface area contributed by atoms with Crippen molar-refractivity contribution in [1.82, 2.24) is 5.32 Å². The molecule has 1 saturated carbocycles. The van der Waals surface area contributed by atoms with E-state index in [4.69, 9.17) is 10.2 Å². The minimum Gasteiger partial charge on any atom is -0.481 e. The van der Waals surface area contributed by atoms with Crippen LogP contribution in [0.5, 0.6) is 0 Å². The Morgan fingerprint density at radius 2 is 1.94 bits per heavy atom. The Balaban J connectivity index is 2.52. The second-order valence-corrected chi connectivity index (χ2v) is 4.85. The number of carbonyl (C=O) groups excluding carboxylic acids is 1. The molecule has 18 heavy (non-hydrogen) atoms. The molecule has 6 heteroatoms. The molecule has 1 amide bonds. The molecule has 0 aromatic heterocycles. The molecule has 0 heterocycles. The van der Waals surface area contributed by atoms with Crippen molar-refractivity contribution < 1.29 is 24.6 Å². The van der Waals surface area contributed by atoms with Crippen molar-refractivity contribution in [3.63, 3.8) is 0 Å². The highest BCUT2D eigenvalue weighted by molar-refractivity contribution is 5.85. The summed E-state index contributed by atoms with van der Waals surface area (Å²) < 4.78 is 0. The molecule has 6 nitrogen and oxygen atoms in total. The minimum absolute atomic E-state index is 0.0858. The van der Waals surface area contributed by atoms with E-state index in [2.05, 4.69) is 5.32 Å². The molecular formula is C12H19NO5. The molecule has 3 N–H and O–H groups in total. The average Bonchev–Trinajstić information content (AvgIpc) is 2.69. The fraction of sp³-hybridized carbons (Fsp3) is 0.750. The molecule has 1 aliphatic carbocycles. The van der Waals surface area contributed by atoms with E-state index in [0.717, 1.165) is 19.3 Å². The summed E-state index contributed by atoms with van der Waals surface area (Å²) in [6.45, 7) is 1.98. The summed E-state index contributed by atoms with van der Waals surface area (Å²) in [6.07, 6.45) is 2.38. The highest BCUT2D eigenvalue weighted by atomic mass is 16.4. The molecule has 3 atom stereocenters. The van der Waals surface area contributed by atoms with Crippen LogP contribution in [0.2, 0.25) is 0 Å². The minimum atomic E-state index is -1.18. The molecule has 0 aromatic rings. The van der Waals surface area contributed by atoms with Gasteiger partial charge in [0.05, 0.1) is 0 Å². The number of carbonyl (C=O) groups is 3. The lowest BCUT2D eigenvalue weighted by Gasteiger charge is -2.19. The smallest absolute Gasteiger partial charge is 0.326 e. The maximum Gasteiger partial charge on any atom is 0.326 e. The molecule has 3 unspecified atom stereocenters. The van der Waals surface area contributed by atoms with Crippen molar-refractivity contribution in [2.45, 2.75) is 45.1 Å². The molecule has 102 valence electrons. The highest BCUT2D eigenvalue weighted by Gasteiger charge is 2.32. The average molecular weight is 257 g/mol. The summed E-state index contributed by atoms with van der Waals surface area (Å²) >= 11 is 0. The zero-order valence-electron chi connectivity index (χ0n) is 10.4. The van der Waals surface area contributed by atoms with Gasteiger partial charge in [-0.05, 0) is 25.2 Å². The van der Waals surface area contributed by atoms with E-state index in [9.17, 15) is 14.4 Å². The van der Waals surface area contributed by atoms with Crippen LogP contribution in [-0.4, -0.2) is 34.1 Å². The molecular weight excluding hydrogens is 238 g/mol. The molecule has 0 aliphatic heterocycles. The number of hydrogen-bond donors (Lipinski definition) is 3. The van der Waals surface area contributed by atoms with Gasteiger partial charge in [0.1, 0.15) is 6.04 Å². The lowest BCUT2D eigenvalue weighted by molar-refractivity contribution is -0.143. The van der Waals surface area contributed by atoms with Crippen molar-refractivity contribution in [2.24, 2.45) is 11.8 Å². The van der Waals surface area contributed by atoms with E-state index in [-0.39, 0.29) is 30.6 Å². The largest absolute Gasteiger partial charge is 0.481 e. The first-order valence-electron chi connectivity index (χ1n) is 6.16. The van der Waals surface area contributed by atoms with Crippen molar-refractivity contribution in [3.8, 4) is 0 Å². The van der Waals surface area contributed by atoms with E-state index < -0.39 is 18.0 Å². The number of carboxylic acid groups (broad SMARTS) is 2. The van der Waals surface area contributed by atoms with Crippen LogP contribution in [0.4, 0.5) is 0 Å². The maximum absolute atomic E-state index is 11.9. The van der Waals surface area contributed by atoms with E-state index in [0.29, 0.717) is 0 Å². The fourth-order valence-electron chi connectivity index (χ4n) is 2.34. The third-order valence-electron chi connectivity index (χ3n) is 3.46. The highest BCUT2D eigenvalue weighted by Crippen LogP contribution is 2.31. The quantitative estimate of drug-likeness (QED) is 0.654. The molecule has 0 radical (unpaired) electrons. The van der Waals surface area contributed by atoms with E-state index in [1.807, 2.05) is 6.92 Å². The third-order valence-corrected chi connectivity index (χ3v) is 3.46. The number of nitrogens with one attached hydrogen (secondary N) is 1.